The quantitative estimate of drug-likeness (QED) is 0.801. The fourth-order valence-electron chi connectivity index (χ4n) is 1.96. The largest absolute Gasteiger partial charge is 0.501 e. The van der Waals surface area contributed by atoms with Crippen molar-refractivity contribution in [1.82, 2.24) is 0 Å². The number of alkyl halides is 4. The molecule has 0 fully saturated rings. The number of sulfone groups is 1. The summed E-state index contributed by atoms with van der Waals surface area (Å²) in [5.41, 5.74) is -5.88. The molecule has 2 rings (SSSR count). The minimum absolute atomic E-state index is 0.0836. The summed E-state index contributed by atoms with van der Waals surface area (Å²) in [4.78, 5) is -1.07. The Kier molecular flexibility index (Phi) is 2.90. The van der Waals surface area contributed by atoms with Crippen LogP contribution in [0.3, 0.4) is 0 Å². The van der Waals surface area contributed by atoms with Crippen LogP contribution < -0.4 is 0 Å². The molecule has 0 bridgehead atoms. The highest BCUT2D eigenvalue weighted by Crippen LogP contribution is 2.41. The van der Waals surface area contributed by atoms with Crippen LogP contribution in [-0.2, 0) is 16.3 Å². The summed E-state index contributed by atoms with van der Waals surface area (Å²) >= 11 is 0. The van der Waals surface area contributed by atoms with Crippen molar-refractivity contribution >= 4 is 9.84 Å². The number of benzene rings is 1. The molecule has 1 aromatic carbocycles. The molecule has 0 spiro atoms. The van der Waals surface area contributed by atoms with Crippen molar-refractivity contribution in [3.05, 3.63) is 29.3 Å². The third-order valence-electron chi connectivity index (χ3n) is 2.80. The van der Waals surface area contributed by atoms with Crippen LogP contribution in [-0.4, -0.2) is 25.2 Å². The highest BCUT2D eigenvalue weighted by atomic mass is 32.2. The second-order valence-electron chi connectivity index (χ2n) is 3.94. The van der Waals surface area contributed by atoms with Crippen LogP contribution >= 0.6 is 0 Å². The number of hydrogen-bond donors (Lipinski definition) is 1. The second-order valence-corrected chi connectivity index (χ2v) is 5.85. The molecule has 1 aliphatic carbocycles. The Balaban J connectivity index is 2.67. The lowest BCUT2D eigenvalue weighted by molar-refractivity contribution is -0.0437. The molecule has 1 aromatic rings. The van der Waals surface area contributed by atoms with E-state index in [1.807, 2.05) is 0 Å². The van der Waals surface area contributed by atoms with Gasteiger partial charge >= 0.3 is 5.51 Å². The lowest BCUT2D eigenvalue weighted by Gasteiger charge is -2.14. The summed E-state index contributed by atoms with van der Waals surface area (Å²) in [7, 11) is -5.58. The van der Waals surface area contributed by atoms with Gasteiger partial charge in [0.25, 0.3) is 9.84 Å². The molecule has 0 aliphatic heterocycles. The van der Waals surface area contributed by atoms with E-state index in [1.165, 1.54) is 6.07 Å². The summed E-state index contributed by atoms with van der Waals surface area (Å²) in [6.07, 6.45) is -3.92. The molecule has 0 saturated carbocycles. The van der Waals surface area contributed by atoms with E-state index in [4.69, 9.17) is 0 Å². The molecule has 0 saturated heterocycles. The zero-order valence-electron chi connectivity index (χ0n) is 8.78. The maximum Gasteiger partial charge on any atom is 0.501 e. The van der Waals surface area contributed by atoms with Crippen LogP contribution in [0.5, 0.6) is 0 Å². The maximum atomic E-state index is 13.2. The molecule has 100 valence electrons. The van der Waals surface area contributed by atoms with Crippen LogP contribution in [0.1, 0.15) is 17.2 Å². The molecule has 8 heteroatoms. The molecular formula is C10H8F4O3S. The minimum atomic E-state index is -5.58. The van der Waals surface area contributed by atoms with Crippen LogP contribution in [0.25, 0.3) is 0 Å². The predicted molar refractivity (Wildman–Crippen MR) is 53.2 cm³/mol. The van der Waals surface area contributed by atoms with Crippen LogP contribution in [0.15, 0.2) is 23.1 Å². The average Bonchev–Trinajstić information content (AvgIpc) is 2.53. The van der Waals surface area contributed by atoms with Gasteiger partial charge in [-0.3, -0.25) is 0 Å². The highest BCUT2D eigenvalue weighted by molar-refractivity contribution is 7.92. The number of aliphatic hydroxyl groups is 1. The van der Waals surface area contributed by atoms with Crippen molar-refractivity contribution in [2.75, 3.05) is 0 Å². The topological polar surface area (TPSA) is 54.4 Å². The normalized spacial score (nSPS) is 24.1. The molecule has 3 nitrogen and oxygen atoms in total. The second kappa shape index (κ2) is 3.92. The number of hydrogen-bond acceptors (Lipinski definition) is 3. The van der Waals surface area contributed by atoms with Gasteiger partial charge in [0.05, 0.1) is 4.90 Å². The third-order valence-corrected chi connectivity index (χ3v) is 4.35. The molecule has 2 atom stereocenters. The van der Waals surface area contributed by atoms with Crippen molar-refractivity contribution in [2.45, 2.75) is 29.1 Å². The first-order chi connectivity index (χ1) is 8.16. The number of fused-ring (bicyclic) bond motifs is 1. The Labute approximate surface area is 100.0 Å². The standard InChI is InChI=1S/C10H8F4O3S/c11-6-4-5-2-1-3-7(8(5)9(6)15)18(16,17)10(12,13)14/h1-3,6,9,15H,4H2. The van der Waals surface area contributed by atoms with Gasteiger partial charge in [-0.15, -0.1) is 0 Å². The zero-order valence-corrected chi connectivity index (χ0v) is 9.59. The van der Waals surface area contributed by atoms with Crippen LogP contribution in [0.4, 0.5) is 17.6 Å². The summed E-state index contributed by atoms with van der Waals surface area (Å²) in [6, 6.07) is 3.12. The Morgan fingerprint density at radius 1 is 1.28 bits per heavy atom. The van der Waals surface area contributed by atoms with Gasteiger partial charge in [-0.25, -0.2) is 12.8 Å². The summed E-state index contributed by atoms with van der Waals surface area (Å²) in [5, 5.41) is 9.45. The molecule has 0 aromatic heterocycles. The molecular weight excluding hydrogens is 276 g/mol. The molecule has 1 aliphatic rings. The van der Waals surface area contributed by atoms with E-state index < -0.39 is 38.1 Å². The van der Waals surface area contributed by atoms with E-state index in [0.717, 1.165) is 12.1 Å². The van der Waals surface area contributed by atoms with Gasteiger partial charge in [0.1, 0.15) is 12.3 Å². The summed E-state index contributed by atoms with van der Waals surface area (Å²) in [5.74, 6) is 0. The Morgan fingerprint density at radius 3 is 2.44 bits per heavy atom. The molecule has 0 heterocycles. The van der Waals surface area contributed by atoms with E-state index in [1.54, 1.807) is 0 Å². The smallest absolute Gasteiger partial charge is 0.385 e. The van der Waals surface area contributed by atoms with E-state index in [2.05, 4.69) is 0 Å². The first-order valence-electron chi connectivity index (χ1n) is 4.91. The third kappa shape index (κ3) is 1.79. The molecule has 18 heavy (non-hydrogen) atoms. The lowest BCUT2D eigenvalue weighted by Crippen LogP contribution is -2.25. The van der Waals surface area contributed by atoms with E-state index in [9.17, 15) is 31.1 Å². The van der Waals surface area contributed by atoms with E-state index in [-0.39, 0.29) is 12.0 Å². The van der Waals surface area contributed by atoms with E-state index in [0.29, 0.717) is 0 Å². The van der Waals surface area contributed by atoms with Gasteiger partial charge in [0.15, 0.2) is 0 Å². The Bertz CT molecular complexity index is 579. The number of aliphatic hydroxyl groups excluding tert-OH is 1. The summed E-state index contributed by atoms with van der Waals surface area (Å²) in [6.45, 7) is 0. The van der Waals surface area contributed by atoms with Gasteiger partial charge in [-0.1, -0.05) is 12.1 Å². The summed E-state index contributed by atoms with van der Waals surface area (Å²) < 4.78 is 73.2. The highest BCUT2D eigenvalue weighted by Gasteiger charge is 2.50. The van der Waals surface area contributed by atoms with Crippen molar-refractivity contribution in [1.29, 1.82) is 0 Å². The zero-order chi connectivity index (χ0) is 13.7. The molecule has 0 amide bonds. The molecule has 1 N–H and O–H groups in total. The fourth-order valence-corrected chi connectivity index (χ4v) is 3.01. The maximum absolute atomic E-state index is 13.2. The monoisotopic (exact) mass is 284 g/mol. The number of halogens is 4. The Hall–Kier alpha value is -1.15. The van der Waals surface area contributed by atoms with Crippen molar-refractivity contribution in [3.63, 3.8) is 0 Å². The average molecular weight is 284 g/mol. The van der Waals surface area contributed by atoms with Gasteiger partial charge < -0.3 is 5.11 Å². The van der Waals surface area contributed by atoms with Crippen molar-refractivity contribution in [3.8, 4) is 0 Å². The van der Waals surface area contributed by atoms with E-state index >= 15 is 0 Å². The molecule has 0 radical (unpaired) electrons. The fraction of sp³-hybridized carbons (Fsp3) is 0.400. The van der Waals surface area contributed by atoms with Gasteiger partial charge in [-0.05, 0) is 11.6 Å². The number of rotatable bonds is 1. The molecule has 2 unspecified atom stereocenters. The van der Waals surface area contributed by atoms with Crippen molar-refractivity contribution < 1.29 is 31.1 Å². The predicted octanol–water partition coefficient (Wildman–Crippen LogP) is 1.91. The van der Waals surface area contributed by atoms with Crippen LogP contribution in [0.2, 0.25) is 0 Å². The van der Waals surface area contributed by atoms with Gasteiger partial charge in [0.2, 0.25) is 0 Å². The Morgan fingerprint density at radius 2 is 1.89 bits per heavy atom. The first-order valence-corrected chi connectivity index (χ1v) is 6.40. The first kappa shape index (κ1) is 13.3. The van der Waals surface area contributed by atoms with Gasteiger partial charge in [0, 0.05) is 12.0 Å². The van der Waals surface area contributed by atoms with Crippen molar-refractivity contribution in [2.24, 2.45) is 0 Å². The lowest BCUT2D eigenvalue weighted by atomic mass is 10.1. The minimum Gasteiger partial charge on any atom is -0.385 e. The van der Waals surface area contributed by atoms with Crippen LogP contribution in [0, 0.1) is 0 Å². The van der Waals surface area contributed by atoms with Gasteiger partial charge in [-0.2, -0.15) is 13.2 Å². The SMILES string of the molecule is O=S(=O)(c1cccc2c1C(O)C(F)C2)C(F)(F)F.